The van der Waals surface area contributed by atoms with Crippen LogP contribution < -0.4 is 0 Å². The molecule has 0 amide bonds. The molecule has 0 atom stereocenters. The van der Waals surface area contributed by atoms with Gasteiger partial charge in [-0.25, -0.2) is 0 Å². The fourth-order valence-corrected chi connectivity index (χ4v) is 0.847. The fraction of sp³-hybridized carbons (Fsp3) is 0.600. The van der Waals surface area contributed by atoms with Crippen molar-refractivity contribution in [2.75, 3.05) is 14.2 Å². The highest BCUT2D eigenvalue weighted by molar-refractivity contribution is 5.70. The molecule has 0 unspecified atom stereocenters. The SMILES string of the molecule is COC(=O)C/C=C/CCCC(=O)OC. The first-order valence-corrected chi connectivity index (χ1v) is 4.49. The van der Waals surface area contributed by atoms with Gasteiger partial charge in [0.1, 0.15) is 0 Å². The molecule has 0 heterocycles. The predicted molar refractivity (Wildman–Crippen MR) is 51.6 cm³/mol. The van der Waals surface area contributed by atoms with Gasteiger partial charge in [-0.05, 0) is 12.8 Å². The highest BCUT2D eigenvalue weighted by Gasteiger charge is 1.97. The predicted octanol–water partition coefficient (Wildman–Crippen LogP) is 1.45. The first-order chi connectivity index (χ1) is 6.70. The van der Waals surface area contributed by atoms with E-state index < -0.39 is 0 Å². The molecule has 0 aromatic rings. The van der Waals surface area contributed by atoms with Crippen LogP contribution in [-0.4, -0.2) is 26.2 Å². The minimum absolute atomic E-state index is 0.202. The quantitative estimate of drug-likeness (QED) is 0.370. The molecule has 0 aromatic carbocycles. The fourth-order valence-electron chi connectivity index (χ4n) is 0.847. The first kappa shape index (κ1) is 12.7. The Bertz CT molecular complexity index is 208. The summed E-state index contributed by atoms with van der Waals surface area (Å²) < 4.78 is 8.92. The lowest BCUT2D eigenvalue weighted by atomic mass is 10.2. The van der Waals surface area contributed by atoms with Crippen LogP contribution >= 0.6 is 0 Å². The van der Waals surface area contributed by atoms with Gasteiger partial charge in [0.2, 0.25) is 0 Å². The Balaban J connectivity index is 3.36. The third-order valence-corrected chi connectivity index (χ3v) is 1.66. The van der Waals surface area contributed by atoms with E-state index in [9.17, 15) is 9.59 Å². The highest BCUT2D eigenvalue weighted by Crippen LogP contribution is 1.99. The third kappa shape index (κ3) is 7.34. The van der Waals surface area contributed by atoms with E-state index in [-0.39, 0.29) is 18.4 Å². The van der Waals surface area contributed by atoms with Gasteiger partial charge in [0, 0.05) is 6.42 Å². The zero-order chi connectivity index (χ0) is 10.8. The van der Waals surface area contributed by atoms with Gasteiger partial charge in [0.25, 0.3) is 0 Å². The molecule has 0 saturated heterocycles. The van der Waals surface area contributed by atoms with Gasteiger partial charge in [-0.1, -0.05) is 12.2 Å². The van der Waals surface area contributed by atoms with Crippen molar-refractivity contribution in [1.29, 1.82) is 0 Å². The number of unbranched alkanes of at least 4 members (excludes halogenated alkanes) is 1. The maximum Gasteiger partial charge on any atom is 0.309 e. The van der Waals surface area contributed by atoms with E-state index in [4.69, 9.17) is 0 Å². The summed E-state index contributed by atoms with van der Waals surface area (Å²) in [5.74, 6) is -0.458. The Morgan fingerprint density at radius 1 is 1.07 bits per heavy atom. The van der Waals surface area contributed by atoms with Gasteiger partial charge in [0.05, 0.1) is 20.6 Å². The average Bonchev–Trinajstić information content (AvgIpc) is 2.22. The van der Waals surface area contributed by atoms with Crippen LogP contribution in [0.15, 0.2) is 12.2 Å². The van der Waals surface area contributed by atoms with E-state index in [1.165, 1.54) is 14.2 Å². The number of carbonyl (C=O) groups is 2. The molecule has 0 saturated carbocycles. The summed E-state index contributed by atoms with van der Waals surface area (Å²) in [7, 11) is 2.73. The minimum atomic E-state index is -0.255. The third-order valence-electron chi connectivity index (χ3n) is 1.66. The van der Waals surface area contributed by atoms with Gasteiger partial charge in [-0.3, -0.25) is 9.59 Å². The molecule has 0 aliphatic heterocycles. The first-order valence-electron chi connectivity index (χ1n) is 4.49. The normalized spacial score (nSPS) is 10.1. The van der Waals surface area contributed by atoms with Crippen LogP contribution in [0, 0.1) is 0 Å². The molecule has 0 aliphatic carbocycles. The summed E-state index contributed by atoms with van der Waals surface area (Å²) in [6.45, 7) is 0. The summed E-state index contributed by atoms with van der Waals surface area (Å²) >= 11 is 0. The second kappa shape index (κ2) is 8.29. The number of methoxy groups -OCH3 is 2. The molecular formula is C10H16O4. The van der Waals surface area contributed by atoms with Crippen molar-refractivity contribution in [3.8, 4) is 0 Å². The van der Waals surface area contributed by atoms with Crippen LogP contribution in [0.4, 0.5) is 0 Å². The summed E-state index contributed by atoms with van der Waals surface area (Å²) in [6.07, 6.45) is 5.81. The zero-order valence-electron chi connectivity index (χ0n) is 8.62. The number of carbonyl (C=O) groups excluding carboxylic acids is 2. The Labute approximate surface area is 83.9 Å². The monoisotopic (exact) mass is 200 g/mol. The van der Waals surface area contributed by atoms with Crippen LogP contribution in [-0.2, 0) is 19.1 Å². The summed E-state index contributed by atoms with van der Waals surface area (Å²) in [5, 5.41) is 0. The number of hydrogen-bond donors (Lipinski definition) is 0. The van der Waals surface area contributed by atoms with Crippen LogP contribution in [0.2, 0.25) is 0 Å². The molecule has 0 aromatic heterocycles. The molecule has 0 rings (SSSR count). The lowest BCUT2D eigenvalue weighted by Gasteiger charge is -1.95. The van der Waals surface area contributed by atoms with Crippen LogP contribution in [0.5, 0.6) is 0 Å². The van der Waals surface area contributed by atoms with E-state index in [0.717, 1.165) is 12.8 Å². The number of hydrogen-bond acceptors (Lipinski definition) is 4. The maximum atomic E-state index is 10.7. The molecule has 4 nitrogen and oxygen atoms in total. The Morgan fingerprint density at radius 3 is 2.29 bits per heavy atom. The number of allylic oxidation sites excluding steroid dienone is 1. The Morgan fingerprint density at radius 2 is 1.71 bits per heavy atom. The summed E-state index contributed by atoms with van der Waals surface area (Å²) in [6, 6.07) is 0. The Hall–Kier alpha value is -1.32. The lowest BCUT2D eigenvalue weighted by molar-refractivity contribution is -0.141. The number of ether oxygens (including phenoxy) is 2. The smallest absolute Gasteiger partial charge is 0.309 e. The van der Waals surface area contributed by atoms with Crippen molar-refractivity contribution in [2.24, 2.45) is 0 Å². The van der Waals surface area contributed by atoms with E-state index in [2.05, 4.69) is 9.47 Å². The molecule has 0 fully saturated rings. The van der Waals surface area contributed by atoms with Crippen LogP contribution in [0.1, 0.15) is 25.7 Å². The van der Waals surface area contributed by atoms with Crippen LogP contribution in [0.3, 0.4) is 0 Å². The van der Waals surface area contributed by atoms with Crippen molar-refractivity contribution in [3.63, 3.8) is 0 Å². The van der Waals surface area contributed by atoms with Gasteiger partial charge in [-0.2, -0.15) is 0 Å². The zero-order valence-corrected chi connectivity index (χ0v) is 8.62. The molecule has 80 valence electrons. The largest absolute Gasteiger partial charge is 0.469 e. The molecule has 0 radical (unpaired) electrons. The molecule has 14 heavy (non-hydrogen) atoms. The summed E-state index contributed by atoms with van der Waals surface area (Å²) in [5.41, 5.74) is 0. The van der Waals surface area contributed by atoms with Gasteiger partial charge in [-0.15, -0.1) is 0 Å². The van der Waals surface area contributed by atoms with E-state index in [0.29, 0.717) is 6.42 Å². The molecule has 0 aliphatic rings. The van der Waals surface area contributed by atoms with Gasteiger partial charge >= 0.3 is 11.9 Å². The van der Waals surface area contributed by atoms with E-state index >= 15 is 0 Å². The van der Waals surface area contributed by atoms with Gasteiger partial charge in [0.15, 0.2) is 0 Å². The molecule has 0 spiro atoms. The second-order valence-electron chi connectivity index (χ2n) is 2.72. The molecular weight excluding hydrogens is 184 g/mol. The highest BCUT2D eigenvalue weighted by atomic mass is 16.5. The average molecular weight is 200 g/mol. The molecule has 4 heteroatoms. The topological polar surface area (TPSA) is 52.6 Å². The summed E-state index contributed by atoms with van der Waals surface area (Å²) in [4.78, 5) is 21.3. The molecule has 0 N–H and O–H groups in total. The van der Waals surface area contributed by atoms with Crippen molar-refractivity contribution in [2.45, 2.75) is 25.7 Å². The van der Waals surface area contributed by atoms with Crippen molar-refractivity contribution >= 4 is 11.9 Å². The standard InChI is InChI=1S/C10H16O4/c1-13-9(11)7-5-3-4-6-8-10(12)14-2/h3,5H,4,6-8H2,1-2H3/b5-3+. The van der Waals surface area contributed by atoms with Crippen LogP contribution in [0.25, 0.3) is 0 Å². The van der Waals surface area contributed by atoms with Gasteiger partial charge < -0.3 is 9.47 Å². The number of rotatable bonds is 6. The van der Waals surface area contributed by atoms with E-state index in [1.807, 2.05) is 6.08 Å². The number of esters is 2. The minimum Gasteiger partial charge on any atom is -0.469 e. The van der Waals surface area contributed by atoms with Crippen molar-refractivity contribution < 1.29 is 19.1 Å². The van der Waals surface area contributed by atoms with Crippen molar-refractivity contribution in [1.82, 2.24) is 0 Å². The lowest BCUT2D eigenvalue weighted by Crippen LogP contribution is -1.99. The van der Waals surface area contributed by atoms with E-state index in [1.54, 1.807) is 6.08 Å². The maximum absolute atomic E-state index is 10.7. The van der Waals surface area contributed by atoms with Crippen molar-refractivity contribution in [3.05, 3.63) is 12.2 Å². The molecule has 0 bridgehead atoms. The Kier molecular flexibility index (Phi) is 7.50. The second-order valence-corrected chi connectivity index (χ2v) is 2.72.